The van der Waals surface area contributed by atoms with E-state index in [-0.39, 0.29) is 32.5 Å². The molecule has 0 bridgehead atoms. The Hall–Kier alpha value is -3.73. The molecule has 3 aromatic carbocycles. The molecular formula is C46H65N3O2. The number of aromatic hydroxyl groups is 2. The van der Waals surface area contributed by atoms with Gasteiger partial charge in [0.15, 0.2) is 17.5 Å². The number of hydrogen-bond acceptors (Lipinski definition) is 5. The normalized spacial score (nSPS) is 13.5. The monoisotopic (exact) mass is 692 g/mol. The summed E-state index contributed by atoms with van der Waals surface area (Å²) in [5.41, 5.74) is 8.34. The second-order valence-electron chi connectivity index (χ2n) is 20.8. The molecule has 0 spiro atoms. The lowest BCUT2D eigenvalue weighted by Crippen LogP contribution is -2.20. The summed E-state index contributed by atoms with van der Waals surface area (Å²) >= 11 is 0. The van der Waals surface area contributed by atoms with E-state index in [1.807, 2.05) is 24.3 Å². The molecule has 0 radical (unpaired) electrons. The molecule has 0 saturated heterocycles. The Labute approximate surface area is 309 Å². The topological polar surface area (TPSA) is 79.1 Å². The molecule has 2 N–H and O–H groups in total. The van der Waals surface area contributed by atoms with Crippen molar-refractivity contribution in [3.63, 3.8) is 0 Å². The minimum atomic E-state index is -0.320. The van der Waals surface area contributed by atoms with Gasteiger partial charge in [-0.25, -0.2) is 15.0 Å². The van der Waals surface area contributed by atoms with Gasteiger partial charge in [-0.2, -0.15) is 0 Å². The lowest BCUT2D eigenvalue weighted by atomic mass is 9.75. The zero-order chi connectivity index (χ0) is 39.0. The summed E-state index contributed by atoms with van der Waals surface area (Å²) in [6.45, 7) is 41.2. The van der Waals surface area contributed by atoms with Gasteiger partial charge in [-0.3, -0.25) is 0 Å². The third kappa shape index (κ3) is 8.34. The highest BCUT2D eigenvalue weighted by atomic mass is 16.3. The van der Waals surface area contributed by atoms with Crippen LogP contribution in [0.15, 0.2) is 36.4 Å². The van der Waals surface area contributed by atoms with Crippen LogP contribution in [0, 0.1) is 6.92 Å². The molecule has 4 rings (SSSR count). The summed E-state index contributed by atoms with van der Waals surface area (Å²) in [7, 11) is 0. The van der Waals surface area contributed by atoms with E-state index < -0.39 is 0 Å². The largest absolute Gasteiger partial charge is 0.507 e. The maximum Gasteiger partial charge on any atom is 0.164 e. The van der Waals surface area contributed by atoms with E-state index >= 15 is 0 Å². The Bertz CT molecular complexity index is 1610. The Kier molecular flexibility index (Phi) is 10.0. The van der Waals surface area contributed by atoms with Crippen molar-refractivity contribution in [3.8, 4) is 45.7 Å². The highest BCUT2D eigenvalue weighted by Crippen LogP contribution is 2.45. The quantitative estimate of drug-likeness (QED) is 0.224. The van der Waals surface area contributed by atoms with Crippen LogP contribution in [-0.2, 0) is 32.5 Å². The molecule has 51 heavy (non-hydrogen) atoms. The van der Waals surface area contributed by atoms with Crippen LogP contribution in [0.25, 0.3) is 34.2 Å². The van der Waals surface area contributed by atoms with Crippen LogP contribution >= 0.6 is 0 Å². The van der Waals surface area contributed by atoms with E-state index in [0.29, 0.717) is 29.0 Å². The van der Waals surface area contributed by atoms with Gasteiger partial charge in [-0.1, -0.05) is 125 Å². The first kappa shape index (κ1) is 40.0. The second-order valence-corrected chi connectivity index (χ2v) is 20.8. The minimum Gasteiger partial charge on any atom is -0.507 e. The Morgan fingerprint density at radius 3 is 0.686 bits per heavy atom. The van der Waals surface area contributed by atoms with Gasteiger partial charge in [0, 0.05) is 38.9 Å². The van der Waals surface area contributed by atoms with Crippen molar-refractivity contribution < 1.29 is 10.2 Å². The summed E-state index contributed by atoms with van der Waals surface area (Å²) in [6.07, 6.45) is 0. The molecule has 0 amide bonds. The number of benzene rings is 3. The van der Waals surface area contributed by atoms with E-state index in [1.54, 1.807) is 0 Å². The second kappa shape index (κ2) is 12.7. The number of hydrogen-bond donors (Lipinski definition) is 2. The van der Waals surface area contributed by atoms with Crippen molar-refractivity contribution in [1.29, 1.82) is 0 Å². The van der Waals surface area contributed by atoms with Crippen LogP contribution < -0.4 is 0 Å². The first-order valence-corrected chi connectivity index (χ1v) is 18.5. The van der Waals surface area contributed by atoms with E-state index in [0.717, 1.165) is 38.9 Å². The number of rotatable bonds is 3. The summed E-state index contributed by atoms with van der Waals surface area (Å²) < 4.78 is 0. The minimum absolute atomic E-state index is 0.0981. The molecule has 0 aliphatic carbocycles. The molecular weight excluding hydrogens is 627 g/mol. The lowest BCUT2D eigenvalue weighted by Gasteiger charge is -2.30. The van der Waals surface area contributed by atoms with Gasteiger partial charge in [0.2, 0.25) is 0 Å². The van der Waals surface area contributed by atoms with Crippen molar-refractivity contribution >= 4 is 0 Å². The summed E-state index contributed by atoms with van der Waals surface area (Å²) in [4.78, 5) is 15.7. The fourth-order valence-corrected chi connectivity index (χ4v) is 6.98. The van der Waals surface area contributed by atoms with Gasteiger partial charge >= 0.3 is 0 Å². The van der Waals surface area contributed by atoms with E-state index in [2.05, 4.69) is 144 Å². The van der Waals surface area contributed by atoms with Crippen molar-refractivity contribution in [2.24, 2.45) is 0 Å². The Morgan fingerprint density at radius 1 is 0.333 bits per heavy atom. The van der Waals surface area contributed by atoms with Crippen molar-refractivity contribution in [1.82, 2.24) is 15.0 Å². The van der Waals surface area contributed by atoms with E-state index in [1.165, 1.54) is 16.7 Å². The van der Waals surface area contributed by atoms with Crippen LogP contribution in [0.2, 0.25) is 0 Å². The summed E-state index contributed by atoms with van der Waals surface area (Å²) in [5.74, 6) is 2.32. The third-order valence-corrected chi connectivity index (χ3v) is 9.89. The summed E-state index contributed by atoms with van der Waals surface area (Å²) in [5, 5.41) is 23.2. The first-order valence-electron chi connectivity index (χ1n) is 18.5. The number of aromatic nitrogens is 3. The van der Waals surface area contributed by atoms with Gasteiger partial charge in [-0.15, -0.1) is 0 Å². The SMILES string of the molecule is Cc1c(C(C)(C)C)cc(-c2nc(-c3cc(C(C)(C)C)c(O)c(C(C)(C)C)c3)nc(-c3cc(C(C)(C)C)c(O)c(C(C)(C)C)c3)n2)cc1C(C)(C)C. The molecule has 0 atom stereocenters. The van der Waals surface area contributed by atoms with Crippen LogP contribution in [0.1, 0.15) is 164 Å². The molecule has 0 aliphatic heterocycles. The van der Waals surface area contributed by atoms with E-state index in [4.69, 9.17) is 15.0 Å². The average Bonchev–Trinajstić information content (AvgIpc) is 2.93. The predicted octanol–water partition coefficient (Wildman–Crippen LogP) is 12.4. The molecule has 5 heteroatoms. The number of nitrogens with zero attached hydrogens (tertiary/aromatic N) is 3. The third-order valence-electron chi connectivity index (χ3n) is 9.89. The maximum absolute atomic E-state index is 11.6. The molecule has 0 saturated carbocycles. The van der Waals surface area contributed by atoms with Crippen molar-refractivity contribution in [2.45, 2.75) is 164 Å². The van der Waals surface area contributed by atoms with E-state index in [9.17, 15) is 10.2 Å². The lowest BCUT2D eigenvalue weighted by molar-refractivity contribution is 0.422. The van der Waals surface area contributed by atoms with Crippen LogP contribution in [0.5, 0.6) is 11.5 Å². The van der Waals surface area contributed by atoms with Gasteiger partial charge in [0.1, 0.15) is 11.5 Å². The Morgan fingerprint density at radius 2 is 0.510 bits per heavy atom. The zero-order valence-electron chi connectivity index (χ0n) is 35.2. The fraction of sp³-hybridized carbons (Fsp3) is 0.543. The van der Waals surface area contributed by atoms with Crippen LogP contribution in [0.3, 0.4) is 0 Å². The van der Waals surface area contributed by atoms with Crippen LogP contribution in [0.4, 0.5) is 0 Å². The van der Waals surface area contributed by atoms with Gasteiger partial charge < -0.3 is 10.2 Å². The van der Waals surface area contributed by atoms with Crippen LogP contribution in [-0.4, -0.2) is 25.2 Å². The van der Waals surface area contributed by atoms with Crippen molar-refractivity contribution in [3.05, 3.63) is 75.3 Å². The molecule has 0 fully saturated rings. The highest BCUT2D eigenvalue weighted by molar-refractivity contribution is 5.72. The molecule has 276 valence electrons. The van der Waals surface area contributed by atoms with Crippen molar-refractivity contribution in [2.75, 3.05) is 0 Å². The predicted molar refractivity (Wildman–Crippen MR) is 216 cm³/mol. The standard InChI is InChI=1S/C46H65N3O2/c1-26-30(41(2,3)4)20-27(21-31(26)42(5,6)7)38-47-39(28-22-32(43(8,9)10)36(50)33(23-28)44(11,12)13)49-40(48-38)29-24-34(45(14,15)16)37(51)35(25-29)46(17,18)19/h20-25,50-51H,1-19H3. The molecule has 1 heterocycles. The molecule has 4 aromatic rings. The number of phenolic OH excluding ortho intramolecular Hbond substituents is 2. The first-order chi connectivity index (χ1) is 22.8. The molecule has 0 aliphatic rings. The molecule has 0 unspecified atom stereocenters. The molecule has 1 aromatic heterocycles. The smallest absolute Gasteiger partial charge is 0.164 e. The van der Waals surface area contributed by atoms with Gasteiger partial charge in [0.25, 0.3) is 0 Å². The van der Waals surface area contributed by atoms with Gasteiger partial charge in [-0.05, 0) is 92.5 Å². The molecule has 5 nitrogen and oxygen atoms in total. The zero-order valence-corrected chi connectivity index (χ0v) is 35.2. The maximum atomic E-state index is 11.6. The number of phenols is 2. The summed E-state index contributed by atoms with van der Waals surface area (Å²) in [6, 6.07) is 12.7. The highest BCUT2D eigenvalue weighted by Gasteiger charge is 2.31. The van der Waals surface area contributed by atoms with Gasteiger partial charge in [0.05, 0.1) is 0 Å². The Balaban J connectivity index is 2.24. The fourth-order valence-electron chi connectivity index (χ4n) is 6.98. The average molecular weight is 692 g/mol.